The number of hydrogen-bond donors (Lipinski definition) is 2. The second-order valence-corrected chi connectivity index (χ2v) is 6.93. The van der Waals surface area contributed by atoms with Gasteiger partial charge in [0.1, 0.15) is 0 Å². The normalized spacial score (nSPS) is 18.2. The van der Waals surface area contributed by atoms with Crippen LogP contribution in [0, 0.1) is 0 Å². The van der Waals surface area contributed by atoms with Crippen LogP contribution in [0.25, 0.3) is 0 Å². The van der Waals surface area contributed by atoms with Crippen LogP contribution in [0.15, 0.2) is 24.3 Å². The Morgan fingerprint density at radius 1 is 1.09 bits per heavy atom. The van der Waals surface area contributed by atoms with E-state index in [-0.39, 0.29) is 6.04 Å². The molecule has 1 heterocycles. The van der Waals surface area contributed by atoms with Gasteiger partial charge in [0.25, 0.3) is 0 Å². The first-order valence-corrected chi connectivity index (χ1v) is 9.12. The van der Waals surface area contributed by atoms with Gasteiger partial charge in [0, 0.05) is 51.9 Å². The van der Waals surface area contributed by atoms with E-state index in [1.54, 1.807) is 0 Å². The molecule has 1 aromatic rings. The first-order chi connectivity index (χ1) is 11.2. The number of unbranched alkanes of at least 4 members (excludes halogenated alkanes) is 1. The Morgan fingerprint density at radius 2 is 1.74 bits per heavy atom. The Bertz CT molecular complexity index is 424. The van der Waals surface area contributed by atoms with Crippen molar-refractivity contribution in [3.05, 3.63) is 35.4 Å². The van der Waals surface area contributed by atoms with Gasteiger partial charge in [-0.3, -0.25) is 4.90 Å². The minimum Gasteiger partial charge on any atom is -0.327 e. The van der Waals surface area contributed by atoms with Gasteiger partial charge in [-0.15, -0.1) is 0 Å². The molecule has 1 aliphatic rings. The smallest absolute Gasteiger partial charge is 0.0234 e. The molecule has 1 unspecified atom stereocenters. The van der Waals surface area contributed by atoms with Gasteiger partial charge < -0.3 is 16.0 Å². The first-order valence-electron chi connectivity index (χ1n) is 9.12. The van der Waals surface area contributed by atoms with Crippen LogP contribution in [-0.2, 0) is 13.1 Å². The minimum atomic E-state index is 0.284. The second kappa shape index (κ2) is 10.0. The Morgan fingerprint density at radius 3 is 2.39 bits per heavy atom. The first kappa shape index (κ1) is 18.4. The molecule has 3 N–H and O–H groups in total. The summed E-state index contributed by atoms with van der Waals surface area (Å²) in [7, 11) is 2.20. The van der Waals surface area contributed by atoms with Crippen LogP contribution in [0.2, 0.25) is 0 Å². The molecule has 0 aliphatic carbocycles. The lowest BCUT2D eigenvalue weighted by atomic mass is 10.1. The molecule has 0 saturated carbocycles. The van der Waals surface area contributed by atoms with E-state index >= 15 is 0 Å². The number of rotatable bonds is 9. The molecule has 0 amide bonds. The number of hydrogen-bond acceptors (Lipinski definition) is 4. The van der Waals surface area contributed by atoms with Crippen LogP contribution in [-0.4, -0.2) is 55.6 Å². The largest absolute Gasteiger partial charge is 0.327 e. The highest BCUT2D eigenvalue weighted by atomic mass is 15.2. The molecule has 0 bridgehead atoms. The number of likely N-dealkylation sites (N-methyl/N-ethyl adjacent to an activating group) is 1. The standard InChI is InChI=1S/C19H34N4/c1-3-4-5-19(20)15-21-14-17-6-8-18(9-7-17)16-23-12-10-22(2)11-13-23/h6-9,19,21H,3-5,10-16,20H2,1-2H3. The fraction of sp³-hybridized carbons (Fsp3) is 0.684. The van der Waals surface area contributed by atoms with Crippen molar-refractivity contribution < 1.29 is 0 Å². The van der Waals surface area contributed by atoms with Crippen molar-refractivity contribution in [1.82, 2.24) is 15.1 Å². The predicted octanol–water partition coefficient (Wildman–Crippen LogP) is 2.04. The Kier molecular flexibility index (Phi) is 8.03. The van der Waals surface area contributed by atoms with Gasteiger partial charge in [-0.05, 0) is 24.6 Å². The highest BCUT2D eigenvalue weighted by Crippen LogP contribution is 2.09. The molecule has 1 saturated heterocycles. The maximum atomic E-state index is 6.09. The summed E-state index contributed by atoms with van der Waals surface area (Å²) in [6.07, 6.45) is 3.57. The molecule has 1 atom stereocenters. The summed E-state index contributed by atoms with van der Waals surface area (Å²) in [4.78, 5) is 4.94. The SMILES string of the molecule is CCCCC(N)CNCc1ccc(CN2CCN(C)CC2)cc1. The van der Waals surface area contributed by atoms with E-state index in [0.29, 0.717) is 0 Å². The van der Waals surface area contributed by atoms with Gasteiger partial charge >= 0.3 is 0 Å². The van der Waals surface area contributed by atoms with Crippen molar-refractivity contribution in [3.63, 3.8) is 0 Å². The van der Waals surface area contributed by atoms with Crippen LogP contribution in [0.4, 0.5) is 0 Å². The van der Waals surface area contributed by atoms with Crippen LogP contribution >= 0.6 is 0 Å². The molecule has 1 fully saturated rings. The summed E-state index contributed by atoms with van der Waals surface area (Å²) in [5.74, 6) is 0. The monoisotopic (exact) mass is 318 g/mol. The third kappa shape index (κ3) is 7.00. The minimum absolute atomic E-state index is 0.284. The maximum Gasteiger partial charge on any atom is 0.0234 e. The van der Waals surface area contributed by atoms with Crippen LogP contribution < -0.4 is 11.1 Å². The molecule has 4 heteroatoms. The molecule has 2 rings (SSSR count). The molecular formula is C19H34N4. The van der Waals surface area contributed by atoms with Crippen molar-refractivity contribution in [3.8, 4) is 0 Å². The van der Waals surface area contributed by atoms with E-state index in [9.17, 15) is 0 Å². The molecule has 1 aliphatic heterocycles. The van der Waals surface area contributed by atoms with E-state index in [2.05, 4.69) is 53.4 Å². The van der Waals surface area contributed by atoms with Gasteiger partial charge in [0.05, 0.1) is 0 Å². The van der Waals surface area contributed by atoms with Crippen molar-refractivity contribution in [2.45, 2.75) is 45.3 Å². The maximum absolute atomic E-state index is 6.09. The zero-order valence-electron chi connectivity index (χ0n) is 14.9. The fourth-order valence-electron chi connectivity index (χ4n) is 3.00. The predicted molar refractivity (Wildman–Crippen MR) is 98.4 cm³/mol. The molecular weight excluding hydrogens is 284 g/mol. The van der Waals surface area contributed by atoms with Crippen LogP contribution in [0.1, 0.15) is 37.3 Å². The van der Waals surface area contributed by atoms with Crippen molar-refractivity contribution in [2.24, 2.45) is 5.73 Å². The molecule has 1 aromatic carbocycles. The average molecular weight is 319 g/mol. The Labute approximate surface area is 142 Å². The lowest BCUT2D eigenvalue weighted by molar-refractivity contribution is 0.148. The Hall–Kier alpha value is -0.940. The summed E-state index contributed by atoms with van der Waals surface area (Å²) in [6.45, 7) is 9.82. The van der Waals surface area contributed by atoms with Crippen LogP contribution in [0.5, 0.6) is 0 Å². The average Bonchev–Trinajstić information content (AvgIpc) is 2.56. The van der Waals surface area contributed by atoms with Gasteiger partial charge in [0.15, 0.2) is 0 Å². The lowest BCUT2D eigenvalue weighted by Gasteiger charge is -2.32. The second-order valence-electron chi connectivity index (χ2n) is 6.93. The molecule has 23 heavy (non-hydrogen) atoms. The zero-order chi connectivity index (χ0) is 16.5. The van der Waals surface area contributed by atoms with Crippen molar-refractivity contribution in [2.75, 3.05) is 39.8 Å². The van der Waals surface area contributed by atoms with E-state index in [1.165, 1.54) is 50.1 Å². The summed E-state index contributed by atoms with van der Waals surface area (Å²) in [6, 6.07) is 9.32. The Balaban J connectivity index is 1.68. The quantitative estimate of drug-likeness (QED) is 0.731. The van der Waals surface area contributed by atoms with E-state index in [4.69, 9.17) is 5.73 Å². The number of piperazine rings is 1. The lowest BCUT2D eigenvalue weighted by Crippen LogP contribution is -2.43. The summed E-state index contributed by atoms with van der Waals surface area (Å²) in [5.41, 5.74) is 8.85. The van der Waals surface area contributed by atoms with E-state index < -0.39 is 0 Å². The van der Waals surface area contributed by atoms with Gasteiger partial charge in [-0.25, -0.2) is 0 Å². The molecule has 0 aromatic heterocycles. The highest BCUT2D eigenvalue weighted by Gasteiger charge is 2.13. The van der Waals surface area contributed by atoms with Gasteiger partial charge in [-0.2, -0.15) is 0 Å². The summed E-state index contributed by atoms with van der Waals surface area (Å²) < 4.78 is 0. The fourth-order valence-corrected chi connectivity index (χ4v) is 3.00. The third-order valence-electron chi connectivity index (χ3n) is 4.69. The molecule has 130 valence electrons. The number of nitrogens with zero attached hydrogens (tertiary/aromatic N) is 2. The van der Waals surface area contributed by atoms with Gasteiger partial charge in [0.2, 0.25) is 0 Å². The van der Waals surface area contributed by atoms with E-state index in [1.807, 2.05) is 0 Å². The topological polar surface area (TPSA) is 44.5 Å². The van der Waals surface area contributed by atoms with Crippen molar-refractivity contribution >= 4 is 0 Å². The third-order valence-corrected chi connectivity index (χ3v) is 4.69. The summed E-state index contributed by atoms with van der Waals surface area (Å²) in [5, 5.41) is 3.48. The van der Waals surface area contributed by atoms with Crippen molar-refractivity contribution in [1.29, 1.82) is 0 Å². The number of nitrogens with one attached hydrogen (secondary N) is 1. The summed E-state index contributed by atoms with van der Waals surface area (Å²) >= 11 is 0. The molecule has 0 radical (unpaired) electrons. The zero-order valence-corrected chi connectivity index (χ0v) is 14.9. The number of nitrogens with two attached hydrogens (primary N) is 1. The van der Waals surface area contributed by atoms with E-state index in [0.717, 1.165) is 26.1 Å². The molecule has 4 nitrogen and oxygen atoms in total. The number of benzene rings is 1. The van der Waals surface area contributed by atoms with Crippen LogP contribution in [0.3, 0.4) is 0 Å². The molecule has 0 spiro atoms. The van der Waals surface area contributed by atoms with Gasteiger partial charge in [-0.1, -0.05) is 44.0 Å². The highest BCUT2D eigenvalue weighted by molar-refractivity contribution is 5.22.